The van der Waals surface area contributed by atoms with Gasteiger partial charge in [-0.3, -0.25) is 9.53 Å². The van der Waals surface area contributed by atoms with Gasteiger partial charge in [0.2, 0.25) is 5.89 Å². The van der Waals surface area contributed by atoms with Crippen molar-refractivity contribution in [3.63, 3.8) is 0 Å². The molecule has 0 bridgehead atoms. The lowest BCUT2D eigenvalue weighted by molar-refractivity contribution is -0.325. The maximum Gasteiger partial charge on any atom is 0.522 e. The average Bonchev–Trinajstić information content (AvgIpc) is 3.24. The van der Waals surface area contributed by atoms with Crippen LogP contribution >= 0.6 is 0 Å². The first-order chi connectivity index (χ1) is 16.0. The summed E-state index contributed by atoms with van der Waals surface area (Å²) in [5.74, 6) is -0.300. The second-order valence-corrected chi connectivity index (χ2v) is 7.02. The Morgan fingerprint density at radius 3 is 2.38 bits per heavy atom. The Labute approximate surface area is 188 Å². The van der Waals surface area contributed by atoms with E-state index in [9.17, 15) is 31.1 Å². The molecular weight excluding hydrogens is 480 g/mol. The van der Waals surface area contributed by atoms with Crippen LogP contribution in [0.15, 0.2) is 28.7 Å². The highest BCUT2D eigenvalue weighted by Crippen LogP contribution is 2.30. The molecule has 1 aromatic heterocycles. The molecule has 1 aliphatic rings. The summed E-state index contributed by atoms with van der Waals surface area (Å²) < 4.78 is 97.8. The van der Waals surface area contributed by atoms with Crippen molar-refractivity contribution in [3.05, 3.63) is 35.7 Å². The number of benzene rings is 1. The fourth-order valence-corrected chi connectivity index (χ4v) is 2.91. The number of alkyl halides is 6. The normalized spacial score (nSPS) is 19.0. The van der Waals surface area contributed by atoms with Crippen LogP contribution in [0.4, 0.5) is 26.3 Å². The van der Waals surface area contributed by atoms with Crippen molar-refractivity contribution in [3.8, 4) is 11.8 Å². The van der Waals surface area contributed by atoms with Gasteiger partial charge in [0, 0.05) is 0 Å². The number of hydrogen-bond donors (Lipinski definition) is 1. The van der Waals surface area contributed by atoms with Crippen LogP contribution in [-0.2, 0) is 20.4 Å². The lowest BCUT2D eigenvalue weighted by atomic mass is 10.1. The Kier molecular flexibility index (Phi) is 8.19. The van der Waals surface area contributed by atoms with Gasteiger partial charge in [0.15, 0.2) is 6.61 Å². The number of rotatable bonds is 9. The molecule has 1 saturated heterocycles. The van der Waals surface area contributed by atoms with Crippen LogP contribution in [0.1, 0.15) is 30.4 Å². The molecule has 2 atom stereocenters. The predicted molar refractivity (Wildman–Crippen MR) is 98.6 cm³/mol. The fourth-order valence-electron chi connectivity index (χ4n) is 2.91. The molecule has 0 radical (unpaired) electrons. The van der Waals surface area contributed by atoms with Gasteiger partial charge in [-0.25, -0.2) is 0 Å². The van der Waals surface area contributed by atoms with Gasteiger partial charge in [-0.05, 0) is 37.1 Å². The van der Waals surface area contributed by atoms with E-state index in [4.69, 9.17) is 18.6 Å². The van der Waals surface area contributed by atoms with Crippen molar-refractivity contribution < 1.29 is 54.5 Å². The molecule has 1 N–H and O–H groups in total. The lowest BCUT2D eigenvalue weighted by Gasteiger charge is -2.27. The standard InChI is InChI=1S/C19H19F6N3O6/c20-18(21,22)11-1-4-13(5-2-11)31-10-15(29)26-12-3-6-14(32-9-12)16-27-28-17(34-16)30-7-8-33-19(23,24)25/h1-2,4-5,12,14H,3,6-10H2,(H,26,29)/t12-,14+/m0/s1. The van der Waals surface area contributed by atoms with Crippen molar-refractivity contribution >= 4 is 5.91 Å². The summed E-state index contributed by atoms with van der Waals surface area (Å²) in [7, 11) is 0. The summed E-state index contributed by atoms with van der Waals surface area (Å²) in [4.78, 5) is 12.0. The molecule has 1 fully saturated rings. The van der Waals surface area contributed by atoms with Gasteiger partial charge in [0.1, 0.15) is 18.5 Å². The van der Waals surface area contributed by atoms with Crippen LogP contribution in [0.5, 0.6) is 11.8 Å². The number of carbonyl (C=O) groups excluding carboxylic acids is 1. The summed E-state index contributed by atoms with van der Waals surface area (Å²) >= 11 is 0. The van der Waals surface area contributed by atoms with Crippen molar-refractivity contribution in [2.75, 3.05) is 26.4 Å². The number of halogens is 6. The van der Waals surface area contributed by atoms with E-state index in [0.29, 0.717) is 12.8 Å². The number of nitrogens with zero attached hydrogens (tertiary/aromatic N) is 2. The van der Waals surface area contributed by atoms with Crippen molar-refractivity contribution in [1.29, 1.82) is 0 Å². The van der Waals surface area contributed by atoms with Crippen molar-refractivity contribution in [2.45, 2.75) is 37.5 Å². The van der Waals surface area contributed by atoms with E-state index in [0.717, 1.165) is 24.3 Å². The van der Waals surface area contributed by atoms with Crippen LogP contribution < -0.4 is 14.8 Å². The molecule has 34 heavy (non-hydrogen) atoms. The third-order valence-corrected chi connectivity index (χ3v) is 4.46. The zero-order valence-electron chi connectivity index (χ0n) is 17.3. The van der Waals surface area contributed by atoms with Crippen molar-refractivity contribution in [1.82, 2.24) is 15.5 Å². The number of hydrogen-bond acceptors (Lipinski definition) is 8. The molecule has 2 heterocycles. The maximum atomic E-state index is 12.6. The molecular formula is C19H19F6N3O6. The second-order valence-electron chi connectivity index (χ2n) is 7.02. The highest BCUT2D eigenvalue weighted by atomic mass is 19.4. The lowest BCUT2D eigenvalue weighted by Crippen LogP contribution is -2.43. The van der Waals surface area contributed by atoms with E-state index in [-0.39, 0.29) is 30.4 Å². The Hall–Kier alpha value is -3.07. The summed E-state index contributed by atoms with van der Waals surface area (Å²) in [6, 6.07) is 3.60. The topological polar surface area (TPSA) is 105 Å². The molecule has 188 valence electrons. The third kappa shape index (κ3) is 8.06. The number of amides is 1. The molecule has 2 aromatic rings. The number of nitrogens with one attached hydrogen (secondary N) is 1. The van der Waals surface area contributed by atoms with Gasteiger partial charge in [0.25, 0.3) is 5.91 Å². The second kappa shape index (κ2) is 10.9. The minimum Gasteiger partial charge on any atom is -0.484 e. The monoisotopic (exact) mass is 499 g/mol. The average molecular weight is 499 g/mol. The minimum atomic E-state index is -4.76. The van der Waals surface area contributed by atoms with Gasteiger partial charge < -0.3 is 23.9 Å². The first-order valence-corrected chi connectivity index (χ1v) is 9.87. The Morgan fingerprint density at radius 1 is 1.03 bits per heavy atom. The fraction of sp³-hybridized carbons (Fsp3) is 0.526. The van der Waals surface area contributed by atoms with Crippen LogP contribution in [-0.4, -0.2) is 54.9 Å². The number of ether oxygens (including phenoxy) is 4. The van der Waals surface area contributed by atoms with Crippen LogP contribution in [0.25, 0.3) is 0 Å². The molecule has 9 nitrogen and oxygen atoms in total. The summed E-state index contributed by atoms with van der Waals surface area (Å²) in [6.07, 6.45) is -9.28. The molecule has 0 spiro atoms. The zero-order valence-corrected chi connectivity index (χ0v) is 17.3. The minimum absolute atomic E-state index is 0.0714. The summed E-state index contributed by atoms with van der Waals surface area (Å²) in [5, 5.41) is 9.97. The SMILES string of the molecule is O=C(COc1ccc(C(F)(F)F)cc1)N[C@H]1CC[C@H](c2nnc(OCCOC(F)(F)F)o2)OC1. The molecule has 0 saturated carbocycles. The third-order valence-electron chi connectivity index (χ3n) is 4.46. The van der Waals surface area contributed by atoms with Crippen LogP contribution in [0.3, 0.4) is 0 Å². The van der Waals surface area contributed by atoms with Gasteiger partial charge >= 0.3 is 18.6 Å². The number of aromatic nitrogens is 2. The van der Waals surface area contributed by atoms with Gasteiger partial charge in [0.05, 0.1) is 24.8 Å². The van der Waals surface area contributed by atoms with Gasteiger partial charge in [-0.15, -0.1) is 18.3 Å². The van der Waals surface area contributed by atoms with Gasteiger partial charge in [-0.2, -0.15) is 13.2 Å². The molecule has 1 aliphatic heterocycles. The largest absolute Gasteiger partial charge is 0.522 e. The highest BCUT2D eigenvalue weighted by Gasteiger charge is 2.31. The van der Waals surface area contributed by atoms with Crippen LogP contribution in [0, 0.1) is 0 Å². The first-order valence-electron chi connectivity index (χ1n) is 9.87. The smallest absolute Gasteiger partial charge is 0.484 e. The molecule has 1 amide bonds. The van der Waals surface area contributed by atoms with E-state index in [1.54, 1.807) is 0 Å². The highest BCUT2D eigenvalue weighted by molar-refractivity contribution is 5.77. The molecule has 0 unspecified atom stereocenters. The van der Waals surface area contributed by atoms with E-state index >= 15 is 0 Å². The molecule has 3 rings (SSSR count). The van der Waals surface area contributed by atoms with E-state index in [2.05, 4.69) is 20.3 Å². The van der Waals surface area contributed by atoms with E-state index < -0.39 is 49.9 Å². The van der Waals surface area contributed by atoms with Crippen molar-refractivity contribution in [2.24, 2.45) is 0 Å². The Bertz CT molecular complexity index is 926. The van der Waals surface area contributed by atoms with Gasteiger partial charge in [-0.1, -0.05) is 5.10 Å². The summed E-state index contributed by atoms with van der Waals surface area (Å²) in [5.41, 5.74) is -0.825. The van der Waals surface area contributed by atoms with Crippen LogP contribution in [0.2, 0.25) is 0 Å². The Morgan fingerprint density at radius 2 is 1.76 bits per heavy atom. The predicted octanol–water partition coefficient (Wildman–Crippen LogP) is 3.42. The van der Waals surface area contributed by atoms with E-state index in [1.807, 2.05) is 0 Å². The zero-order chi connectivity index (χ0) is 24.8. The molecule has 15 heteroatoms. The molecule has 1 aromatic carbocycles. The first kappa shape index (κ1) is 25.6. The summed E-state index contributed by atoms with van der Waals surface area (Å²) in [6.45, 7) is -1.48. The quantitative estimate of drug-likeness (QED) is 0.414. The maximum absolute atomic E-state index is 12.6. The number of carbonyl (C=O) groups is 1. The Balaban J connectivity index is 1.35. The van der Waals surface area contributed by atoms with E-state index in [1.165, 1.54) is 0 Å². The molecule has 0 aliphatic carbocycles.